The lowest BCUT2D eigenvalue weighted by Crippen LogP contribution is -2.32. The average molecular weight is 600 g/mol. The molecule has 1 N–H and O–H groups in total. The number of thioether (sulfide) groups is 1. The van der Waals surface area contributed by atoms with Gasteiger partial charge in [-0.2, -0.15) is 0 Å². The van der Waals surface area contributed by atoms with E-state index in [1.807, 2.05) is 18.2 Å². The van der Waals surface area contributed by atoms with Crippen LogP contribution in [0.25, 0.3) is 0 Å². The number of benzene rings is 3. The maximum Gasteiger partial charge on any atom is 0.305 e. The van der Waals surface area contributed by atoms with E-state index < -0.39 is 17.1 Å². The Labute approximate surface area is 241 Å². The zero-order valence-corrected chi connectivity index (χ0v) is 23.5. The molecule has 2 aliphatic rings. The molecule has 0 spiro atoms. The van der Waals surface area contributed by atoms with Gasteiger partial charge in [-0.15, -0.1) is 0 Å². The summed E-state index contributed by atoms with van der Waals surface area (Å²) in [5, 5.41) is 0.884. The van der Waals surface area contributed by atoms with Gasteiger partial charge in [0.05, 0.1) is 23.7 Å². The van der Waals surface area contributed by atoms with E-state index in [4.69, 9.17) is 32.7 Å². The first kappa shape index (κ1) is 26.0. The van der Waals surface area contributed by atoms with Crippen molar-refractivity contribution in [3.8, 4) is 11.5 Å². The zero-order chi connectivity index (χ0) is 27.3. The fourth-order valence-corrected chi connectivity index (χ4v) is 7.92. The van der Waals surface area contributed by atoms with Crippen LogP contribution in [0.3, 0.4) is 0 Å². The molecular weight excluding hydrogens is 579 g/mol. The molecule has 3 aromatic carbocycles. The molecule has 198 valence electrons. The molecule has 6 rings (SSSR count). The summed E-state index contributed by atoms with van der Waals surface area (Å²) in [5.41, 5.74) is 1.96. The van der Waals surface area contributed by atoms with E-state index >= 15 is 0 Å². The molecule has 39 heavy (non-hydrogen) atoms. The highest BCUT2D eigenvalue weighted by molar-refractivity contribution is 8.00. The van der Waals surface area contributed by atoms with Crippen molar-refractivity contribution < 1.29 is 19.1 Å². The number of carbonyl (C=O) groups excluding carboxylic acids is 2. The number of imide groups is 1. The Bertz CT molecular complexity index is 1650. The van der Waals surface area contributed by atoms with Crippen LogP contribution < -0.4 is 19.2 Å². The molecule has 0 saturated carbocycles. The highest BCUT2D eigenvalue weighted by atomic mass is 35.5. The minimum Gasteiger partial charge on any atom is -0.497 e. The minimum atomic E-state index is -0.768. The Morgan fingerprint density at radius 3 is 2.46 bits per heavy atom. The summed E-state index contributed by atoms with van der Waals surface area (Å²) in [6.07, 6.45) is 0. The summed E-state index contributed by atoms with van der Waals surface area (Å²) < 4.78 is 11.4. The monoisotopic (exact) mass is 598 g/mol. The quantitative estimate of drug-likeness (QED) is 0.269. The Morgan fingerprint density at radius 2 is 1.72 bits per heavy atom. The molecule has 11 heteroatoms. The molecule has 2 unspecified atom stereocenters. The molecule has 3 atom stereocenters. The lowest BCUT2D eigenvalue weighted by molar-refractivity contribution is -0.122. The lowest BCUT2D eigenvalue weighted by Gasteiger charge is -2.31. The first-order valence-electron chi connectivity index (χ1n) is 11.9. The first-order chi connectivity index (χ1) is 18.8. The van der Waals surface area contributed by atoms with Gasteiger partial charge in [0, 0.05) is 26.4 Å². The van der Waals surface area contributed by atoms with Crippen LogP contribution >= 0.6 is 46.3 Å². The van der Waals surface area contributed by atoms with Crippen LogP contribution in [0, 0.1) is 5.92 Å². The lowest BCUT2D eigenvalue weighted by atomic mass is 9.82. The van der Waals surface area contributed by atoms with Crippen LogP contribution in [-0.2, 0) is 16.2 Å². The Hall–Kier alpha value is -3.24. The second-order valence-corrected chi connectivity index (χ2v) is 12.1. The van der Waals surface area contributed by atoms with E-state index in [2.05, 4.69) is 4.98 Å². The summed E-state index contributed by atoms with van der Waals surface area (Å²) in [6, 6.07) is 19.3. The first-order valence-corrected chi connectivity index (χ1v) is 14.4. The van der Waals surface area contributed by atoms with Crippen molar-refractivity contribution in [1.82, 2.24) is 4.98 Å². The van der Waals surface area contributed by atoms with Crippen molar-refractivity contribution in [2.45, 2.75) is 22.8 Å². The van der Waals surface area contributed by atoms with Gasteiger partial charge in [0.25, 0.3) is 0 Å². The van der Waals surface area contributed by atoms with Gasteiger partial charge in [0.2, 0.25) is 11.8 Å². The largest absolute Gasteiger partial charge is 0.497 e. The smallest absolute Gasteiger partial charge is 0.305 e. The van der Waals surface area contributed by atoms with Gasteiger partial charge in [0.1, 0.15) is 23.4 Å². The average Bonchev–Trinajstić information content (AvgIpc) is 3.42. The molecule has 7 nitrogen and oxygen atoms in total. The fraction of sp³-hybridized carbons (Fsp3) is 0.179. The number of carbonyl (C=O) groups is 2. The third-order valence-electron chi connectivity index (χ3n) is 6.74. The van der Waals surface area contributed by atoms with Crippen molar-refractivity contribution in [2.75, 3.05) is 12.0 Å². The van der Waals surface area contributed by atoms with Crippen LogP contribution in [-0.4, -0.2) is 29.2 Å². The number of anilines is 1. The summed E-state index contributed by atoms with van der Waals surface area (Å²) in [5.74, 6) is -0.961. The number of rotatable bonds is 6. The molecule has 2 aliphatic heterocycles. The Kier molecular flexibility index (Phi) is 6.93. The maximum atomic E-state index is 14.0. The minimum absolute atomic E-state index is 0.228. The molecule has 2 amide bonds. The number of hydrogen-bond acceptors (Lipinski definition) is 7. The number of H-pyrrole nitrogens is 1. The molecule has 1 fully saturated rings. The van der Waals surface area contributed by atoms with Gasteiger partial charge in [-0.05, 0) is 60.2 Å². The number of aromatic nitrogens is 1. The zero-order valence-electron chi connectivity index (χ0n) is 20.4. The standard InChI is InChI=1S/C28H20Cl2N2O5S2/c1-36-18-8-6-17(7-9-18)32-26(33)22-21(23-25(31-28(35)39-23)38-24(22)27(32)34)19-12-16(30)5-10-20(19)37-13-14-3-2-4-15(29)11-14/h2-12,21-22,24H,13H2,1H3,(H,31,35)/t21-,22?,24?/m1/s1. The molecule has 1 aromatic heterocycles. The number of hydrogen-bond donors (Lipinski definition) is 1. The number of fused-ring (bicyclic) bond motifs is 2. The third kappa shape index (κ3) is 4.74. The van der Waals surface area contributed by atoms with E-state index in [9.17, 15) is 14.4 Å². The van der Waals surface area contributed by atoms with E-state index in [1.165, 1.54) is 16.7 Å². The molecular formula is C28H20Cl2N2O5S2. The number of amides is 2. The summed E-state index contributed by atoms with van der Waals surface area (Å²) in [7, 11) is 1.55. The van der Waals surface area contributed by atoms with Crippen molar-refractivity contribution >= 4 is 63.8 Å². The Balaban J connectivity index is 1.43. The van der Waals surface area contributed by atoms with Crippen LogP contribution in [0.1, 0.15) is 21.9 Å². The molecule has 0 bridgehead atoms. The van der Waals surface area contributed by atoms with Gasteiger partial charge in [-0.25, -0.2) is 4.90 Å². The second-order valence-electron chi connectivity index (χ2n) is 9.06. The summed E-state index contributed by atoms with van der Waals surface area (Å²) in [4.78, 5) is 44.6. The summed E-state index contributed by atoms with van der Waals surface area (Å²) >= 11 is 14.8. The van der Waals surface area contributed by atoms with E-state index in [-0.39, 0.29) is 23.3 Å². The fourth-order valence-electron chi connectivity index (χ4n) is 5.02. The van der Waals surface area contributed by atoms with Gasteiger partial charge in [0.15, 0.2) is 0 Å². The highest BCUT2D eigenvalue weighted by Crippen LogP contribution is 2.54. The SMILES string of the molecule is COc1ccc(N2C(=O)C3Sc4[nH]c(=O)sc4[C@H](c4cc(Cl)ccc4OCc4cccc(Cl)c4)C3C2=O)cc1. The van der Waals surface area contributed by atoms with Crippen molar-refractivity contribution in [3.63, 3.8) is 0 Å². The number of ether oxygens (including phenoxy) is 2. The van der Waals surface area contributed by atoms with Crippen LogP contribution in [0.15, 0.2) is 76.6 Å². The van der Waals surface area contributed by atoms with E-state index in [1.54, 1.807) is 55.6 Å². The maximum absolute atomic E-state index is 14.0. The highest BCUT2D eigenvalue weighted by Gasteiger charge is 2.56. The van der Waals surface area contributed by atoms with Crippen LogP contribution in [0.4, 0.5) is 5.69 Å². The Morgan fingerprint density at radius 1 is 0.949 bits per heavy atom. The molecule has 0 radical (unpaired) electrons. The van der Waals surface area contributed by atoms with Crippen molar-refractivity contribution in [3.05, 3.63) is 102 Å². The predicted octanol–water partition coefficient (Wildman–Crippen LogP) is 6.13. The predicted molar refractivity (Wildman–Crippen MR) is 153 cm³/mol. The van der Waals surface area contributed by atoms with Crippen LogP contribution in [0.5, 0.6) is 11.5 Å². The van der Waals surface area contributed by atoms with Crippen molar-refractivity contribution in [1.29, 1.82) is 0 Å². The number of halogens is 2. The topological polar surface area (TPSA) is 88.7 Å². The number of nitrogens with one attached hydrogen (secondary N) is 1. The van der Waals surface area contributed by atoms with E-state index in [0.717, 1.165) is 16.9 Å². The number of methoxy groups -OCH3 is 1. The molecule has 4 aromatic rings. The second kappa shape index (κ2) is 10.4. The van der Waals surface area contributed by atoms with Gasteiger partial charge < -0.3 is 14.5 Å². The van der Waals surface area contributed by atoms with Crippen molar-refractivity contribution in [2.24, 2.45) is 5.92 Å². The third-order valence-corrected chi connectivity index (χ3v) is 9.62. The normalized spacial score (nSPS) is 20.1. The molecule has 3 heterocycles. The van der Waals surface area contributed by atoms with Gasteiger partial charge >= 0.3 is 4.87 Å². The number of aromatic amines is 1. The van der Waals surface area contributed by atoms with E-state index in [0.29, 0.717) is 42.7 Å². The number of thiazole rings is 1. The molecule has 1 saturated heterocycles. The van der Waals surface area contributed by atoms with Crippen LogP contribution in [0.2, 0.25) is 10.0 Å². The van der Waals surface area contributed by atoms with Gasteiger partial charge in [-0.3, -0.25) is 14.4 Å². The molecule has 0 aliphatic carbocycles. The summed E-state index contributed by atoms with van der Waals surface area (Å²) in [6.45, 7) is 0.228. The van der Waals surface area contributed by atoms with Gasteiger partial charge in [-0.1, -0.05) is 58.4 Å². The number of nitrogens with zero attached hydrogens (tertiary/aromatic N) is 1.